The van der Waals surface area contributed by atoms with Crippen LogP contribution in [0.5, 0.6) is 0 Å². The van der Waals surface area contributed by atoms with Crippen LogP contribution in [0.3, 0.4) is 0 Å². The molecule has 2 heteroatoms. The summed E-state index contributed by atoms with van der Waals surface area (Å²) in [4.78, 5) is 11.7. The van der Waals surface area contributed by atoms with Crippen molar-refractivity contribution in [3.8, 4) is 0 Å². The van der Waals surface area contributed by atoms with Crippen LogP contribution in [-0.4, -0.2) is 11.9 Å². The molecule has 1 N–H and O–H groups in total. The van der Waals surface area contributed by atoms with Crippen molar-refractivity contribution < 1.29 is 4.79 Å². The maximum absolute atomic E-state index is 11.7. The van der Waals surface area contributed by atoms with Crippen LogP contribution in [0.25, 0.3) is 0 Å². The predicted molar refractivity (Wildman–Crippen MR) is 58.9 cm³/mol. The van der Waals surface area contributed by atoms with Crippen molar-refractivity contribution in [3.05, 3.63) is 35.4 Å². The van der Waals surface area contributed by atoms with Gasteiger partial charge in [-0.2, -0.15) is 0 Å². The van der Waals surface area contributed by atoms with Crippen molar-refractivity contribution in [1.29, 1.82) is 0 Å². The van der Waals surface area contributed by atoms with Crippen LogP contribution < -0.4 is 5.32 Å². The maximum Gasteiger partial charge on any atom is 0.226 e. The molecule has 0 unspecified atom stereocenters. The Balaban J connectivity index is 1.79. The van der Waals surface area contributed by atoms with E-state index in [1.807, 2.05) is 0 Å². The average molecular weight is 211 g/mol. The zero-order valence-electron chi connectivity index (χ0n) is 8.89. The highest BCUT2D eigenvalue weighted by molar-refractivity contribution is 5.89. The van der Waals surface area contributed by atoms with E-state index in [0.717, 1.165) is 11.8 Å². The van der Waals surface area contributed by atoms with Crippen molar-refractivity contribution in [2.75, 3.05) is 0 Å². The second-order valence-corrected chi connectivity index (χ2v) is 5.80. The molecule has 80 valence electrons. The number of hydrogen-bond acceptors (Lipinski definition) is 1. The zero-order valence-corrected chi connectivity index (χ0v) is 8.89. The molecule has 6 rings (SSSR count). The van der Waals surface area contributed by atoms with Crippen molar-refractivity contribution in [3.63, 3.8) is 0 Å². The Morgan fingerprint density at radius 3 is 2.44 bits per heavy atom. The first kappa shape index (κ1) is 7.88. The predicted octanol–water partition coefficient (Wildman–Crippen LogP) is 1.63. The fraction of sp³-hybridized carbons (Fsp3) is 0.500. The molecular weight excluding hydrogens is 198 g/mol. The number of carbonyl (C=O) groups is 1. The lowest BCUT2D eigenvalue weighted by Gasteiger charge is -2.54. The molecule has 4 aliphatic carbocycles. The minimum absolute atomic E-state index is 0.305. The largest absolute Gasteiger partial charge is 0.352 e. The number of carbonyl (C=O) groups excluding carboxylic acids is 1. The summed E-state index contributed by atoms with van der Waals surface area (Å²) in [7, 11) is 0. The molecule has 2 nitrogen and oxygen atoms in total. The van der Waals surface area contributed by atoms with E-state index in [1.165, 1.54) is 17.5 Å². The molecule has 1 aromatic carbocycles. The number of amides is 1. The second-order valence-electron chi connectivity index (χ2n) is 5.80. The standard InChI is InChI=1S/C14H13NO/c16-14-12-10-6-3-1-2-4-7(6)11(13(12)15-14)9-5-8(9)10/h1-4,8-13H,5H2,(H,15,16)/t8-,9+,10-,11-,12-,13-/m0/s1. The van der Waals surface area contributed by atoms with E-state index in [4.69, 9.17) is 0 Å². The van der Waals surface area contributed by atoms with Gasteiger partial charge < -0.3 is 5.32 Å². The first-order valence-electron chi connectivity index (χ1n) is 6.25. The SMILES string of the molecule is O=C1N[C@@H]2[C@@H]1[C@H]1c3ccccc3[C@H]2[C@@H]2C[C@@H]21. The molecule has 0 radical (unpaired) electrons. The maximum atomic E-state index is 11.7. The summed E-state index contributed by atoms with van der Waals surface area (Å²) in [6.45, 7) is 0. The Morgan fingerprint density at radius 2 is 1.69 bits per heavy atom. The van der Waals surface area contributed by atoms with Crippen LogP contribution in [0, 0.1) is 17.8 Å². The summed E-state index contributed by atoms with van der Waals surface area (Å²) in [6, 6.07) is 9.27. The molecule has 1 amide bonds. The molecule has 2 saturated carbocycles. The van der Waals surface area contributed by atoms with Crippen LogP contribution in [-0.2, 0) is 4.79 Å². The molecule has 5 aliphatic rings. The van der Waals surface area contributed by atoms with Gasteiger partial charge in [-0.05, 0) is 29.4 Å². The van der Waals surface area contributed by atoms with Gasteiger partial charge >= 0.3 is 0 Å². The monoisotopic (exact) mass is 211 g/mol. The number of benzene rings is 1. The molecule has 6 atom stereocenters. The summed E-state index contributed by atoms with van der Waals surface area (Å²) in [6.07, 6.45) is 1.35. The minimum atomic E-state index is 0.305. The molecule has 1 saturated heterocycles. The Kier molecular flexibility index (Phi) is 1.08. The van der Waals surface area contributed by atoms with E-state index in [2.05, 4.69) is 29.6 Å². The van der Waals surface area contributed by atoms with Crippen LogP contribution in [0.2, 0.25) is 0 Å². The van der Waals surface area contributed by atoms with Gasteiger partial charge in [0.25, 0.3) is 0 Å². The minimum Gasteiger partial charge on any atom is -0.352 e. The van der Waals surface area contributed by atoms with E-state index < -0.39 is 0 Å². The van der Waals surface area contributed by atoms with Crippen molar-refractivity contribution >= 4 is 5.91 Å². The van der Waals surface area contributed by atoms with Gasteiger partial charge in [-0.1, -0.05) is 24.3 Å². The summed E-state index contributed by atoms with van der Waals surface area (Å²) < 4.78 is 0. The van der Waals surface area contributed by atoms with Crippen molar-refractivity contribution in [2.45, 2.75) is 24.3 Å². The van der Waals surface area contributed by atoms with Gasteiger partial charge in [0.1, 0.15) is 0 Å². The van der Waals surface area contributed by atoms with Gasteiger partial charge in [-0.15, -0.1) is 0 Å². The summed E-state index contributed by atoms with van der Waals surface area (Å²) in [5, 5.41) is 3.14. The van der Waals surface area contributed by atoms with Crippen molar-refractivity contribution in [2.24, 2.45) is 17.8 Å². The van der Waals surface area contributed by atoms with Crippen molar-refractivity contribution in [1.82, 2.24) is 5.32 Å². The molecule has 0 spiro atoms. The van der Waals surface area contributed by atoms with Gasteiger partial charge in [-0.25, -0.2) is 0 Å². The normalized spacial score (nSPS) is 49.6. The van der Waals surface area contributed by atoms with Gasteiger partial charge in [0.05, 0.1) is 5.92 Å². The molecule has 1 heterocycles. The zero-order chi connectivity index (χ0) is 10.4. The van der Waals surface area contributed by atoms with E-state index in [9.17, 15) is 4.79 Å². The van der Waals surface area contributed by atoms with Gasteiger partial charge in [0.2, 0.25) is 5.91 Å². The third-order valence-corrected chi connectivity index (χ3v) is 5.30. The topological polar surface area (TPSA) is 29.1 Å². The number of rotatable bonds is 0. The molecule has 16 heavy (non-hydrogen) atoms. The van der Waals surface area contributed by atoms with E-state index >= 15 is 0 Å². The van der Waals surface area contributed by atoms with Crippen LogP contribution in [0.1, 0.15) is 29.4 Å². The Morgan fingerprint density at radius 1 is 1.00 bits per heavy atom. The Bertz CT molecular complexity index is 523. The number of hydrogen-bond donors (Lipinski definition) is 1. The average Bonchev–Trinajstić information content (AvgIpc) is 3.07. The molecule has 1 aromatic rings. The highest BCUT2D eigenvalue weighted by atomic mass is 16.2. The van der Waals surface area contributed by atoms with E-state index in [-0.39, 0.29) is 0 Å². The smallest absolute Gasteiger partial charge is 0.226 e. The third kappa shape index (κ3) is 0.649. The first-order chi connectivity index (χ1) is 7.86. The lowest BCUT2D eigenvalue weighted by atomic mass is 9.56. The van der Waals surface area contributed by atoms with E-state index in [0.29, 0.717) is 29.7 Å². The quantitative estimate of drug-likeness (QED) is 0.649. The van der Waals surface area contributed by atoms with E-state index in [1.54, 1.807) is 0 Å². The van der Waals surface area contributed by atoms with Gasteiger partial charge in [0, 0.05) is 17.9 Å². The first-order valence-corrected chi connectivity index (χ1v) is 6.25. The number of nitrogens with one attached hydrogen (secondary N) is 1. The lowest BCUT2D eigenvalue weighted by molar-refractivity contribution is -0.140. The molecule has 2 bridgehead atoms. The summed E-state index contributed by atoms with van der Waals surface area (Å²) in [5.41, 5.74) is 3.02. The van der Waals surface area contributed by atoms with Gasteiger partial charge in [0.15, 0.2) is 0 Å². The fourth-order valence-corrected chi connectivity index (χ4v) is 4.68. The van der Waals surface area contributed by atoms with Crippen LogP contribution in [0.15, 0.2) is 24.3 Å². The molecule has 3 fully saturated rings. The third-order valence-electron chi connectivity index (χ3n) is 5.30. The Hall–Kier alpha value is -1.31. The lowest BCUT2D eigenvalue weighted by Crippen LogP contribution is -2.67. The highest BCUT2D eigenvalue weighted by Crippen LogP contribution is 2.70. The van der Waals surface area contributed by atoms with Crippen LogP contribution >= 0.6 is 0 Å². The molecule has 0 aromatic heterocycles. The van der Waals surface area contributed by atoms with Crippen LogP contribution in [0.4, 0.5) is 0 Å². The Labute approximate surface area is 94.0 Å². The van der Waals surface area contributed by atoms with Gasteiger partial charge in [-0.3, -0.25) is 4.79 Å². The summed E-state index contributed by atoms with van der Waals surface area (Å²) in [5.74, 6) is 3.50. The highest BCUT2D eigenvalue weighted by Gasteiger charge is 2.68. The molecular formula is C14H13NO. The molecule has 1 aliphatic heterocycles. The number of β-lactam (4-membered cyclic amide) rings is 1. The summed E-state index contributed by atoms with van der Waals surface area (Å²) >= 11 is 0. The second kappa shape index (κ2) is 2.20. The fourth-order valence-electron chi connectivity index (χ4n) is 4.68.